The van der Waals surface area contributed by atoms with E-state index in [-0.39, 0.29) is 0 Å². The summed E-state index contributed by atoms with van der Waals surface area (Å²) in [4.78, 5) is 9.56. The molecular formula is C16H24ClN3OS. The lowest BCUT2D eigenvalue weighted by molar-refractivity contribution is 0.214. The first-order valence-corrected chi connectivity index (χ1v) is 9.29. The summed E-state index contributed by atoms with van der Waals surface area (Å²) in [5.74, 6) is 0.536. The second kappa shape index (κ2) is 8.06. The molecule has 0 unspecified atom stereocenters. The summed E-state index contributed by atoms with van der Waals surface area (Å²) in [6.07, 6.45) is 9.03. The van der Waals surface area contributed by atoms with Crippen LogP contribution in [0.15, 0.2) is 16.4 Å². The molecule has 1 aromatic rings. The molecule has 1 aliphatic carbocycles. The fourth-order valence-electron chi connectivity index (χ4n) is 2.77. The molecule has 0 radical (unpaired) electrons. The van der Waals surface area contributed by atoms with Gasteiger partial charge in [-0.15, -0.1) is 0 Å². The summed E-state index contributed by atoms with van der Waals surface area (Å²) in [5, 5.41) is 5.19. The summed E-state index contributed by atoms with van der Waals surface area (Å²) < 4.78 is 2.29. The first-order chi connectivity index (χ1) is 10.6. The Morgan fingerprint density at radius 1 is 1.50 bits per heavy atom. The molecule has 1 aliphatic rings. The fourth-order valence-corrected chi connectivity index (χ4v) is 3.54. The number of hydrogen-bond acceptors (Lipinski definition) is 4. The van der Waals surface area contributed by atoms with Crippen LogP contribution in [-0.2, 0) is 11.4 Å². The third-order valence-electron chi connectivity index (χ3n) is 3.62. The number of allylic oxidation sites excluding steroid dienone is 2. The minimum atomic E-state index is 0.321. The van der Waals surface area contributed by atoms with E-state index in [2.05, 4.69) is 29.6 Å². The molecular weight excluding hydrogens is 318 g/mol. The van der Waals surface area contributed by atoms with Crippen molar-refractivity contribution in [3.63, 3.8) is 0 Å². The van der Waals surface area contributed by atoms with Crippen LogP contribution < -0.4 is 0 Å². The zero-order valence-corrected chi connectivity index (χ0v) is 15.3. The Kier molecular flexibility index (Phi) is 6.38. The maximum absolute atomic E-state index is 6.32. The summed E-state index contributed by atoms with van der Waals surface area (Å²) in [6, 6.07) is 0. The predicted molar refractivity (Wildman–Crippen MR) is 94.7 cm³/mol. The minimum Gasteiger partial charge on any atom is -0.398 e. The van der Waals surface area contributed by atoms with Crippen molar-refractivity contribution in [2.45, 2.75) is 51.2 Å². The zero-order valence-electron chi connectivity index (χ0n) is 13.7. The Morgan fingerprint density at radius 3 is 2.82 bits per heavy atom. The van der Waals surface area contributed by atoms with Gasteiger partial charge in [-0.3, -0.25) is 0 Å². The molecule has 0 amide bonds. The van der Waals surface area contributed by atoms with Gasteiger partial charge in [0.1, 0.15) is 12.8 Å². The average Bonchev–Trinajstić information content (AvgIpc) is 2.86. The van der Waals surface area contributed by atoms with Crippen molar-refractivity contribution in [2.75, 3.05) is 13.4 Å². The van der Waals surface area contributed by atoms with Gasteiger partial charge in [0.05, 0.1) is 5.69 Å². The van der Waals surface area contributed by atoms with Crippen LogP contribution >= 0.6 is 23.4 Å². The highest BCUT2D eigenvalue weighted by Crippen LogP contribution is 2.33. The van der Waals surface area contributed by atoms with Crippen LogP contribution in [0.25, 0.3) is 5.57 Å². The normalized spacial score (nSPS) is 16.1. The van der Waals surface area contributed by atoms with Crippen molar-refractivity contribution in [1.29, 1.82) is 0 Å². The molecule has 22 heavy (non-hydrogen) atoms. The second-order valence-corrected chi connectivity index (χ2v) is 6.97. The molecule has 0 aromatic carbocycles. The Hall–Kier alpha value is -0.940. The van der Waals surface area contributed by atoms with Crippen LogP contribution in [-0.4, -0.2) is 28.1 Å². The first-order valence-electron chi connectivity index (χ1n) is 7.69. The molecule has 0 aliphatic heterocycles. The van der Waals surface area contributed by atoms with Crippen LogP contribution in [0.1, 0.15) is 50.9 Å². The van der Waals surface area contributed by atoms with Gasteiger partial charge in [0, 0.05) is 6.54 Å². The summed E-state index contributed by atoms with van der Waals surface area (Å²) in [7, 11) is 1.50. The molecule has 0 saturated heterocycles. The number of imidazole rings is 1. The van der Waals surface area contributed by atoms with Crippen LogP contribution in [0, 0.1) is 5.92 Å². The van der Waals surface area contributed by atoms with E-state index in [4.69, 9.17) is 21.4 Å². The van der Waals surface area contributed by atoms with Crippen LogP contribution in [0.5, 0.6) is 0 Å². The number of aromatic nitrogens is 2. The molecule has 0 N–H and O–H groups in total. The highest BCUT2D eigenvalue weighted by atomic mass is 35.5. The topological polar surface area (TPSA) is 39.4 Å². The molecule has 122 valence electrons. The number of oxime groups is 1. The van der Waals surface area contributed by atoms with Gasteiger partial charge in [-0.25, -0.2) is 4.98 Å². The van der Waals surface area contributed by atoms with E-state index in [0.717, 1.165) is 35.9 Å². The van der Waals surface area contributed by atoms with Gasteiger partial charge in [-0.2, -0.15) is 0 Å². The quantitative estimate of drug-likeness (QED) is 0.425. The van der Waals surface area contributed by atoms with E-state index in [1.807, 2.05) is 6.26 Å². The van der Waals surface area contributed by atoms with Gasteiger partial charge in [-0.05, 0) is 43.4 Å². The van der Waals surface area contributed by atoms with Gasteiger partial charge >= 0.3 is 0 Å². The number of halogens is 1. The maximum Gasteiger partial charge on any atom is 0.196 e. The predicted octanol–water partition coefficient (Wildman–Crippen LogP) is 4.77. The van der Waals surface area contributed by atoms with Gasteiger partial charge in [0.15, 0.2) is 10.3 Å². The number of thioether (sulfide) groups is 1. The molecule has 4 nitrogen and oxygen atoms in total. The molecule has 1 heterocycles. The largest absolute Gasteiger partial charge is 0.398 e. The summed E-state index contributed by atoms with van der Waals surface area (Å²) >= 11 is 7.96. The highest BCUT2D eigenvalue weighted by molar-refractivity contribution is 7.98. The van der Waals surface area contributed by atoms with Crippen molar-refractivity contribution in [3.8, 4) is 0 Å². The fraction of sp³-hybridized carbons (Fsp3) is 0.625. The third-order valence-corrected chi connectivity index (χ3v) is 4.55. The van der Waals surface area contributed by atoms with Gasteiger partial charge in [-0.1, -0.05) is 48.4 Å². The van der Waals surface area contributed by atoms with Crippen LogP contribution in [0.2, 0.25) is 0 Å². The van der Waals surface area contributed by atoms with E-state index < -0.39 is 0 Å². The standard InChI is InChI=1S/C16H24ClN3OS/c1-11(2)10-20-14(12-8-6-5-7-9-12)13(15(17)19-21-3)18-16(20)22-4/h8,11H,5-7,9-10H2,1-4H3/b19-15-. The second-order valence-electron chi connectivity index (χ2n) is 5.84. The zero-order chi connectivity index (χ0) is 16.1. The van der Waals surface area contributed by atoms with Gasteiger partial charge < -0.3 is 9.40 Å². The van der Waals surface area contributed by atoms with E-state index in [1.165, 1.54) is 25.5 Å². The average molecular weight is 342 g/mol. The SMILES string of the molecule is CO/N=C(\Cl)c1nc(SC)n(CC(C)C)c1C1=CCCCC1. The smallest absolute Gasteiger partial charge is 0.196 e. The molecule has 0 fully saturated rings. The maximum atomic E-state index is 6.32. The monoisotopic (exact) mass is 341 g/mol. The highest BCUT2D eigenvalue weighted by Gasteiger charge is 2.24. The molecule has 6 heteroatoms. The van der Waals surface area contributed by atoms with Crippen LogP contribution in [0.3, 0.4) is 0 Å². The van der Waals surface area contributed by atoms with Gasteiger partial charge in [0.2, 0.25) is 0 Å². The Bertz CT molecular complexity index is 578. The molecule has 0 atom stereocenters. The van der Waals surface area contributed by atoms with E-state index in [9.17, 15) is 0 Å². The van der Waals surface area contributed by atoms with Gasteiger partial charge in [0.25, 0.3) is 0 Å². The van der Waals surface area contributed by atoms with E-state index in [1.54, 1.807) is 11.8 Å². The van der Waals surface area contributed by atoms with Crippen molar-refractivity contribution in [3.05, 3.63) is 17.5 Å². The lowest BCUT2D eigenvalue weighted by Crippen LogP contribution is -2.11. The molecule has 0 bridgehead atoms. The van der Waals surface area contributed by atoms with Crippen molar-refractivity contribution in [1.82, 2.24) is 9.55 Å². The lowest BCUT2D eigenvalue weighted by atomic mass is 9.96. The molecule has 0 saturated carbocycles. The van der Waals surface area contributed by atoms with E-state index >= 15 is 0 Å². The summed E-state index contributed by atoms with van der Waals surface area (Å²) in [6.45, 7) is 5.36. The van der Waals surface area contributed by atoms with Crippen LogP contribution in [0.4, 0.5) is 0 Å². The Morgan fingerprint density at radius 2 is 2.27 bits per heavy atom. The van der Waals surface area contributed by atoms with Crippen molar-refractivity contribution >= 4 is 34.1 Å². The number of hydrogen-bond donors (Lipinski definition) is 0. The minimum absolute atomic E-state index is 0.321. The lowest BCUT2D eigenvalue weighted by Gasteiger charge is -2.18. The first kappa shape index (κ1) is 17.4. The number of rotatable bonds is 6. The van der Waals surface area contributed by atoms with Crippen molar-refractivity contribution in [2.24, 2.45) is 11.1 Å². The molecule has 1 aromatic heterocycles. The van der Waals surface area contributed by atoms with Crippen molar-refractivity contribution < 1.29 is 4.84 Å². The summed E-state index contributed by atoms with van der Waals surface area (Å²) in [5.41, 5.74) is 3.18. The molecule has 2 rings (SSSR count). The van der Waals surface area contributed by atoms with E-state index in [0.29, 0.717) is 11.1 Å². The molecule has 0 spiro atoms. The Balaban J connectivity index is 2.59. The Labute approximate surface area is 142 Å². The third kappa shape index (κ3) is 3.87. The number of nitrogens with zero attached hydrogens (tertiary/aromatic N) is 3.